The van der Waals surface area contributed by atoms with Gasteiger partial charge in [0.2, 0.25) is 23.6 Å². The summed E-state index contributed by atoms with van der Waals surface area (Å²) in [6.45, 7) is 7.18. The number of carbonyl (C=O) groups is 5. The number of carbonyl (C=O) groups excluding carboxylic acids is 5. The maximum absolute atomic E-state index is 13.7. The van der Waals surface area contributed by atoms with Crippen LogP contribution in [0.25, 0.3) is 0 Å². The molecular formula is C37H53N5O6. The average Bonchev–Trinajstić information content (AvgIpc) is 3.07. The van der Waals surface area contributed by atoms with E-state index in [1.807, 2.05) is 51.1 Å². The first-order valence-electron chi connectivity index (χ1n) is 17.3. The number of nitrogens with one attached hydrogen (secondary N) is 4. The molecule has 0 spiro atoms. The van der Waals surface area contributed by atoms with Crippen LogP contribution >= 0.6 is 0 Å². The molecule has 0 saturated carbocycles. The van der Waals surface area contributed by atoms with E-state index in [0.29, 0.717) is 50.3 Å². The normalized spacial score (nSPS) is 21.0. The van der Waals surface area contributed by atoms with E-state index < -0.39 is 41.8 Å². The largest absolute Gasteiger partial charge is 0.493 e. The van der Waals surface area contributed by atoms with Crippen LogP contribution in [0.5, 0.6) is 5.75 Å². The molecule has 3 atom stereocenters. The lowest BCUT2D eigenvalue weighted by molar-refractivity contribution is -0.136. The van der Waals surface area contributed by atoms with E-state index in [-0.39, 0.29) is 24.7 Å². The minimum absolute atomic E-state index is 0.0199. The van der Waals surface area contributed by atoms with Gasteiger partial charge in [-0.2, -0.15) is 0 Å². The summed E-state index contributed by atoms with van der Waals surface area (Å²) in [7, 11) is 1.75. The zero-order valence-electron chi connectivity index (χ0n) is 28.9. The van der Waals surface area contributed by atoms with E-state index >= 15 is 0 Å². The van der Waals surface area contributed by atoms with Gasteiger partial charge in [-0.3, -0.25) is 24.0 Å². The van der Waals surface area contributed by atoms with E-state index in [1.54, 1.807) is 36.2 Å². The Morgan fingerprint density at radius 2 is 1.62 bits per heavy atom. The third-order valence-corrected chi connectivity index (χ3v) is 8.24. The van der Waals surface area contributed by atoms with Gasteiger partial charge in [0.1, 0.15) is 23.9 Å². The first kappa shape index (κ1) is 38.0. The summed E-state index contributed by atoms with van der Waals surface area (Å²) in [5.74, 6) is -1.45. The van der Waals surface area contributed by atoms with Crippen LogP contribution in [-0.2, 0) is 25.6 Å². The Bertz CT molecular complexity index is 1350. The molecule has 0 unspecified atom stereocenters. The van der Waals surface area contributed by atoms with Crippen LogP contribution < -0.4 is 26.0 Å². The molecule has 0 radical (unpaired) electrons. The second kappa shape index (κ2) is 20.1. The topological polar surface area (TPSA) is 146 Å². The summed E-state index contributed by atoms with van der Waals surface area (Å²) in [5.41, 5.74) is 1.21. The van der Waals surface area contributed by atoms with Crippen LogP contribution in [0, 0.1) is 5.92 Å². The van der Waals surface area contributed by atoms with Crippen molar-refractivity contribution in [3.8, 4) is 5.75 Å². The molecule has 11 heteroatoms. The molecule has 262 valence electrons. The molecule has 3 rings (SSSR count). The number of rotatable bonds is 7. The molecule has 0 aliphatic carbocycles. The van der Waals surface area contributed by atoms with Crippen LogP contribution in [0.1, 0.15) is 88.1 Å². The molecule has 2 aromatic rings. The summed E-state index contributed by atoms with van der Waals surface area (Å²) in [6.07, 6.45) is 4.56. The van der Waals surface area contributed by atoms with Gasteiger partial charge in [0.05, 0.1) is 12.2 Å². The fourth-order valence-corrected chi connectivity index (χ4v) is 5.59. The molecule has 1 aliphatic heterocycles. The smallest absolute Gasteiger partial charge is 0.255 e. The number of fused-ring (bicyclic) bond motifs is 1. The van der Waals surface area contributed by atoms with Crippen LogP contribution in [-0.4, -0.2) is 79.3 Å². The molecule has 0 bridgehead atoms. The van der Waals surface area contributed by atoms with Crippen molar-refractivity contribution in [3.05, 3.63) is 65.7 Å². The van der Waals surface area contributed by atoms with Crippen molar-refractivity contribution in [1.29, 1.82) is 0 Å². The quantitative estimate of drug-likeness (QED) is 0.355. The molecular weight excluding hydrogens is 610 g/mol. The van der Waals surface area contributed by atoms with Gasteiger partial charge in [0.25, 0.3) is 5.91 Å². The van der Waals surface area contributed by atoms with Crippen molar-refractivity contribution in [3.63, 3.8) is 0 Å². The molecule has 0 aromatic heterocycles. The highest BCUT2D eigenvalue weighted by Gasteiger charge is 2.30. The summed E-state index contributed by atoms with van der Waals surface area (Å²) in [4.78, 5) is 68.8. The zero-order chi connectivity index (χ0) is 34.9. The average molecular weight is 664 g/mol. The number of amides is 5. The van der Waals surface area contributed by atoms with Crippen molar-refractivity contribution >= 4 is 29.5 Å². The monoisotopic (exact) mass is 663 g/mol. The van der Waals surface area contributed by atoms with E-state index in [4.69, 9.17) is 4.74 Å². The first-order chi connectivity index (χ1) is 23.1. The number of benzene rings is 2. The third kappa shape index (κ3) is 12.7. The molecule has 1 heterocycles. The first-order valence-corrected chi connectivity index (χ1v) is 17.3. The van der Waals surface area contributed by atoms with Crippen molar-refractivity contribution in [2.24, 2.45) is 5.92 Å². The minimum atomic E-state index is -0.985. The predicted octanol–water partition coefficient (Wildman–Crippen LogP) is 3.76. The second-order valence-electron chi connectivity index (χ2n) is 12.9. The van der Waals surface area contributed by atoms with Gasteiger partial charge in [-0.1, -0.05) is 76.1 Å². The van der Waals surface area contributed by atoms with Gasteiger partial charge in [-0.25, -0.2) is 0 Å². The second-order valence-corrected chi connectivity index (χ2v) is 12.9. The molecule has 0 fully saturated rings. The lowest BCUT2D eigenvalue weighted by Crippen LogP contribution is -2.55. The Balaban J connectivity index is 1.87. The summed E-state index contributed by atoms with van der Waals surface area (Å²) in [6, 6.07) is 13.7. The van der Waals surface area contributed by atoms with Crippen molar-refractivity contribution in [1.82, 2.24) is 26.2 Å². The summed E-state index contributed by atoms with van der Waals surface area (Å²) >= 11 is 0. The number of hydrogen-bond donors (Lipinski definition) is 4. The maximum Gasteiger partial charge on any atom is 0.255 e. The summed E-state index contributed by atoms with van der Waals surface area (Å²) in [5, 5.41) is 11.4. The Morgan fingerprint density at radius 3 is 2.35 bits per heavy atom. The third-order valence-electron chi connectivity index (χ3n) is 8.24. The molecule has 2 aromatic carbocycles. The van der Waals surface area contributed by atoms with E-state index in [0.717, 1.165) is 31.2 Å². The van der Waals surface area contributed by atoms with E-state index in [2.05, 4.69) is 21.3 Å². The van der Waals surface area contributed by atoms with Gasteiger partial charge in [0.15, 0.2) is 0 Å². The Morgan fingerprint density at radius 1 is 0.917 bits per heavy atom. The fourth-order valence-electron chi connectivity index (χ4n) is 5.59. The predicted molar refractivity (Wildman–Crippen MR) is 185 cm³/mol. The van der Waals surface area contributed by atoms with Crippen LogP contribution in [0.4, 0.5) is 0 Å². The van der Waals surface area contributed by atoms with Crippen LogP contribution in [0.2, 0.25) is 0 Å². The van der Waals surface area contributed by atoms with Gasteiger partial charge in [0, 0.05) is 33.0 Å². The van der Waals surface area contributed by atoms with Gasteiger partial charge >= 0.3 is 0 Å². The Labute approximate surface area is 284 Å². The lowest BCUT2D eigenvalue weighted by atomic mass is 10.0. The van der Waals surface area contributed by atoms with Crippen LogP contribution in [0.3, 0.4) is 0 Å². The van der Waals surface area contributed by atoms with E-state index in [1.165, 1.54) is 0 Å². The van der Waals surface area contributed by atoms with Gasteiger partial charge in [-0.05, 0) is 55.7 Å². The molecule has 1 aliphatic rings. The van der Waals surface area contributed by atoms with Crippen LogP contribution in [0.15, 0.2) is 54.6 Å². The highest BCUT2D eigenvalue weighted by atomic mass is 16.5. The Kier molecular flexibility index (Phi) is 15.9. The highest BCUT2D eigenvalue weighted by Crippen LogP contribution is 2.19. The zero-order valence-corrected chi connectivity index (χ0v) is 28.9. The molecule has 11 nitrogen and oxygen atoms in total. The number of ether oxygens (including phenoxy) is 1. The molecule has 5 amide bonds. The van der Waals surface area contributed by atoms with Gasteiger partial charge < -0.3 is 30.9 Å². The van der Waals surface area contributed by atoms with Crippen molar-refractivity contribution < 1.29 is 28.7 Å². The standard InChI is InChI=1S/C37H53N5O6/c1-5-21-38-35(45)29-19-20-33(43)39-30(24-26(2)3)36(46)41-31(25-27-15-9-8-10-16-27)37(47)42(4)22-13-6-7-14-23-48-32-18-12-11-17-28(32)34(44)40-29/h8-12,15-18,26,29-31H,5-7,13-14,19-25H2,1-4H3,(H,38,45)(H,39,43)(H,40,44)(H,41,46)/t29-,30-,31-/m0/s1. The Hall–Kier alpha value is -4.41. The number of nitrogens with zero attached hydrogens (tertiary/aromatic N) is 1. The van der Waals surface area contributed by atoms with Crippen molar-refractivity contribution in [2.75, 3.05) is 26.7 Å². The van der Waals surface area contributed by atoms with E-state index in [9.17, 15) is 24.0 Å². The fraction of sp³-hybridized carbons (Fsp3) is 0.541. The molecule has 0 saturated heterocycles. The highest BCUT2D eigenvalue weighted by molar-refractivity contribution is 6.00. The maximum atomic E-state index is 13.7. The van der Waals surface area contributed by atoms with Gasteiger partial charge in [-0.15, -0.1) is 0 Å². The number of para-hydroxylation sites is 1. The molecule has 4 N–H and O–H groups in total. The number of hydrogen-bond acceptors (Lipinski definition) is 6. The number of likely N-dealkylation sites (N-methyl/N-ethyl adjacent to an activating group) is 1. The molecule has 48 heavy (non-hydrogen) atoms. The lowest BCUT2D eigenvalue weighted by Gasteiger charge is -2.28. The SMILES string of the molecule is CCCNC(=O)[C@@H]1CCC(=O)N[C@@H](CC(C)C)C(=O)N[C@@H](Cc2ccccc2)C(=O)N(C)CCCCCCOc2ccccc2C(=O)N1. The summed E-state index contributed by atoms with van der Waals surface area (Å²) < 4.78 is 5.98. The minimum Gasteiger partial charge on any atom is -0.493 e. The van der Waals surface area contributed by atoms with Crippen molar-refractivity contribution in [2.45, 2.75) is 96.7 Å².